The zero-order chi connectivity index (χ0) is 17.9. The summed E-state index contributed by atoms with van der Waals surface area (Å²) in [6.07, 6.45) is 1.64. The lowest BCUT2D eigenvalue weighted by molar-refractivity contribution is -0.756. The summed E-state index contributed by atoms with van der Waals surface area (Å²) in [6, 6.07) is 4.58. The molecule has 0 aromatic heterocycles. The molecule has 0 amide bonds. The molecule has 0 unspecified atom stereocenters. The van der Waals surface area contributed by atoms with E-state index in [4.69, 9.17) is 9.47 Å². The van der Waals surface area contributed by atoms with Gasteiger partial charge in [0.15, 0.2) is 0 Å². The SMILES string of the molecule is C=Cc1cc(OC(=O)CCSCCO[N+](=O)[O-])ccc1OC(C)=O. The summed E-state index contributed by atoms with van der Waals surface area (Å²) in [6.45, 7) is 4.88. The molecule has 0 radical (unpaired) electrons. The first-order chi connectivity index (χ1) is 11.4. The van der Waals surface area contributed by atoms with Crippen molar-refractivity contribution in [2.24, 2.45) is 0 Å². The fraction of sp³-hybridized carbons (Fsp3) is 0.333. The van der Waals surface area contributed by atoms with Crippen LogP contribution < -0.4 is 9.47 Å². The predicted molar refractivity (Wildman–Crippen MR) is 88.4 cm³/mol. The largest absolute Gasteiger partial charge is 0.426 e. The number of ether oxygens (including phenoxy) is 2. The Labute approximate surface area is 142 Å². The number of nitrogens with zero attached hydrogens (tertiary/aromatic N) is 1. The Morgan fingerprint density at radius 2 is 2.08 bits per heavy atom. The van der Waals surface area contributed by atoms with Crippen LogP contribution in [0.25, 0.3) is 6.08 Å². The fourth-order valence-electron chi connectivity index (χ4n) is 1.61. The fourth-order valence-corrected chi connectivity index (χ4v) is 2.32. The van der Waals surface area contributed by atoms with Crippen LogP contribution in [0.2, 0.25) is 0 Å². The standard InChI is InChI=1S/C15H17NO7S/c1-3-12-10-13(4-5-14(12)22-11(2)17)23-15(18)6-8-24-9-7-21-16(19)20/h3-5,10H,1,6-9H2,2H3. The van der Waals surface area contributed by atoms with Crippen LogP contribution >= 0.6 is 11.8 Å². The molecule has 0 bridgehead atoms. The first-order valence-corrected chi connectivity index (χ1v) is 8.08. The van der Waals surface area contributed by atoms with Gasteiger partial charge >= 0.3 is 11.9 Å². The van der Waals surface area contributed by atoms with Crippen LogP contribution in [0.4, 0.5) is 0 Å². The molecule has 0 saturated heterocycles. The molecule has 1 rings (SSSR count). The Kier molecular flexibility index (Phi) is 8.34. The summed E-state index contributed by atoms with van der Waals surface area (Å²) in [7, 11) is 0. The number of hydrogen-bond donors (Lipinski definition) is 0. The van der Waals surface area contributed by atoms with Crippen LogP contribution in [0.3, 0.4) is 0 Å². The lowest BCUT2D eigenvalue weighted by Crippen LogP contribution is -2.10. The number of hydrogen-bond acceptors (Lipinski definition) is 8. The minimum Gasteiger partial charge on any atom is -0.426 e. The number of carbonyl (C=O) groups excluding carboxylic acids is 2. The maximum Gasteiger partial charge on any atom is 0.312 e. The first kappa shape index (κ1) is 19.5. The van der Waals surface area contributed by atoms with Crippen LogP contribution in [0.15, 0.2) is 24.8 Å². The quantitative estimate of drug-likeness (QED) is 0.207. The topological polar surface area (TPSA) is 105 Å². The molecule has 0 spiro atoms. The van der Waals surface area contributed by atoms with Crippen LogP contribution in [-0.2, 0) is 14.4 Å². The van der Waals surface area contributed by atoms with Gasteiger partial charge < -0.3 is 14.3 Å². The summed E-state index contributed by atoms with van der Waals surface area (Å²) in [4.78, 5) is 36.8. The predicted octanol–water partition coefficient (Wildman–Crippen LogP) is 2.49. The molecule has 0 aliphatic rings. The summed E-state index contributed by atoms with van der Waals surface area (Å²) in [5, 5.41) is 9.09. The van der Waals surface area contributed by atoms with Gasteiger partial charge in [-0.3, -0.25) is 9.59 Å². The molecule has 8 nitrogen and oxygen atoms in total. The highest BCUT2D eigenvalue weighted by Crippen LogP contribution is 2.25. The highest BCUT2D eigenvalue weighted by Gasteiger charge is 2.09. The third kappa shape index (κ3) is 7.63. The molecular formula is C15H17NO7S. The molecule has 1 aromatic carbocycles. The van der Waals surface area contributed by atoms with Crippen LogP contribution in [-0.4, -0.2) is 35.1 Å². The van der Waals surface area contributed by atoms with Gasteiger partial charge in [0.2, 0.25) is 0 Å². The minimum absolute atomic E-state index is 0.0208. The molecule has 0 N–H and O–H groups in total. The number of esters is 2. The van der Waals surface area contributed by atoms with Crippen LogP contribution in [0, 0.1) is 10.1 Å². The van der Waals surface area contributed by atoms with E-state index in [-0.39, 0.29) is 13.0 Å². The molecular weight excluding hydrogens is 338 g/mol. The van der Waals surface area contributed by atoms with Gasteiger partial charge in [0.1, 0.15) is 18.1 Å². The average Bonchev–Trinajstić information content (AvgIpc) is 2.51. The average molecular weight is 355 g/mol. The Balaban J connectivity index is 2.42. The smallest absolute Gasteiger partial charge is 0.312 e. The molecule has 0 heterocycles. The van der Waals surface area contributed by atoms with Gasteiger partial charge in [-0.2, -0.15) is 11.8 Å². The van der Waals surface area contributed by atoms with Crippen molar-refractivity contribution >= 4 is 29.8 Å². The van der Waals surface area contributed by atoms with Gasteiger partial charge in [-0.05, 0) is 18.2 Å². The summed E-state index contributed by atoms with van der Waals surface area (Å²) in [5.74, 6) is 0.617. The molecule has 1 aromatic rings. The van der Waals surface area contributed by atoms with Gasteiger partial charge in [-0.25, -0.2) is 0 Å². The van der Waals surface area contributed by atoms with Crippen LogP contribution in [0.1, 0.15) is 18.9 Å². The Bertz CT molecular complexity index is 618. The van der Waals surface area contributed by atoms with Crippen molar-refractivity contribution in [1.29, 1.82) is 0 Å². The zero-order valence-corrected chi connectivity index (χ0v) is 13.9. The van der Waals surface area contributed by atoms with E-state index in [1.54, 1.807) is 6.07 Å². The van der Waals surface area contributed by atoms with E-state index < -0.39 is 17.0 Å². The van der Waals surface area contributed by atoms with Crippen molar-refractivity contribution in [3.05, 3.63) is 40.5 Å². The second-order valence-corrected chi connectivity index (χ2v) is 5.62. The van der Waals surface area contributed by atoms with E-state index in [2.05, 4.69) is 11.4 Å². The monoisotopic (exact) mass is 355 g/mol. The third-order valence-corrected chi connectivity index (χ3v) is 3.51. The number of benzene rings is 1. The van der Waals surface area contributed by atoms with Crippen molar-refractivity contribution < 1.29 is 29.0 Å². The highest BCUT2D eigenvalue weighted by atomic mass is 32.2. The second kappa shape index (κ2) is 10.3. The Hall–Kier alpha value is -2.55. The van der Waals surface area contributed by atoms with Crippen molar-refractivity contribution in [2.75, 3.05) is 18.1 Å². The Morgan fingerprint density at radius 1 is 1.33 bits per heavy atom. The van der Waals surface area contributed by atoms with Gasteiger partial charge in [0.25, 0.3) is 5.09 Å². The van der Waals surface area contributed by atoms with Crippen molar-refractivity contribution in [2.45, 2.75) is 13.3 Å². The molecule has 130 valence electrons. The number of rotatable bonds is 10. The van der Waals surface area contributed by atoms with Crippen LogP contribution in [0.5, 0.6) is 11.5 Å². The summed E-state index contributed by atoms with van der Waals surface area (Å²) < 4.78 is 10.2. The Morgan fingerprint density at radius 3 is 2.71 bits per heavy atom. The zero-order valence-electron chi connectivity index (χ0n) is 13.1. The lowest BCUT2D eigenvalue weighted by atomic mass is 10.2. The molecule has 24 heavy (non-hydrogen) atoms. The molecule has 0 aliphatic heterocycles. The van der Waals surface area contributed by atoms with Crippen molar-refractivity contribution in [1.82, 2.24) is 0 Å². The van der Waals surface area contributed by atoms with Gasteiger partial charge in [-0.1, -0.05) is 12.7 Å². The van der Waals surface area contributed by atoms with Gasteiger partial charge in [0, 0.05) is 24.0 Å². The maximum atomic E-state index is 11.7. The summed E-state index contributed by atoms with van der Waals surface area (Å²) >= 11 is 1.35. The first-order valence-electron chi connectivity index (χ1n) is 6.93. The number of thioether (sulfide) groups is 1. The van der Waals surface area contributed by atoms with Gasteiger partial charge in [-0.15, -0.1) is 10.1 Å². The van der Waals surface area contributed by atoms with Crippen molar-refractivity contribution in [3.8, 4) is 11.5 Å². The van der Waals surface area contributed by atoms with E-state index in [0.29, 0.717) is 28.6 Å². The van der Waals surface area contributed by atoms with Crippen molar-refractivity contribution in [3.63, 3.8) is 0 Å². The summed E-state index contributed by atoms with van der Waals surface area (Å²) in [5.41, 5.74) is 0.529. The second-order valence-electron chi connectivity index (χ2n) is 4.39. The molecule has 0 aliphatic carbocycles. The normalized spacial score (nSPS) is 9.88. The minimum atomic E-state index is -0.856. The molecule has 0 fully saturated rings. The highest BCUT2D eigenvalue weighted by molar-refractivity contribution is 7.99. The molecule has 0 atom stereocenters. The molecule has 0 saturated carbocycles. The van der Waals surface area contributed by atoms with E-state index in [0.717, 1.165) is 0 Å². The lowest BCUT2D eigenvalue weighted by Gasteiger charge is -2.09. The van der Waals surface area contributed by atoms with E-state index in [1.807, 2.05) is 0 Å². The maximum absolute atomic E-state index is 11.7. The number of carbonyl (C=O) groups is 2. The van der Waals surface area contributed by atoms with E-state index >= 15 is 0 Å². The molecule has 9 heteroatoms. The third-order valence-electron chi connectivity index (χ3n) is 2.56. The van der Waals surface area contributed by atoms with E-state index in [1.165, 1.54) is 36.9 Å². The van der Waals surface area contributed by atoms with E-state index in [9.17, 15) is 19.7 Å². The van der Waals surface area contributed by atoms with Gasteiger partial charge in [0.05, 0.1) is 6.42 Å².